The lowest BCUT2D eigenvalue weighted by atomic mass is 10.1. The summed E-state index contributed by atoms with van der Waals surface area (Å²) in [5.41, 5.74) is 4.06. The van der Waals surface area contributed by atoms with Crippen LogP contribution in [0.25, 0.3) is 11.4 Å². The van der Waals surface area contributed by atoms with Gasteiger partial charge < -0.3 is 14.6 Å². The number of benzene rings is 2. The Balaban J connectivity index is 1.58. The molecule has 6 heteroatoms. The van der Waals surface area contributed by atoms with Crippen LogP contribution in [0.2, 0.25) is 0 Å². The molecular weight excluding hydrogens is 342 g/mol. The average molecular weight is 365 g/mol. The second-order valence-electron chi connectivity index (χ2n) is 6.63. The van der Waals surface area contributed by atoms with Gasteiger partial charge in [-0.25, -0.2) is 0 Å². The van der Waals surface area contributed by atoms with Crippen molar-refractivity contribution in [2.45, 2.75) is 40.3 Å². The fraction of sp³-hybridized carbons (Fsp3) is 0.286. The third kappa shape index (κ3) is 4.73. The minimum absolute atomic E-state index is 0.151. The van der Waals surface area contributed by atoms with Gasteiger partial charge in [0.05, 0.1) is 6.54 Å². The number of hydrogen-bond acceptors (Lipinski definition) is 5. The highest BCUT2D eigenvalue weighted by molar-refractivity contribution is 5.80. The quantitative estimate of drug-likeness (QED) is 0.720. The van der Waals surface area contributed by atoms with Crippen molar-refractivity contribution < 1.29 is 14.1 Å². The van der Waals surface area contributed by atoms with Crippen LogP contribution in [0.1, 0.15) is 29.5 Å². The number of hydrogen-bond donors (Lipinski definition) is 1. The molecule has 3 aromatic rings. The third-order valence-corrected chi connectivity index (χ3v) is 4.17. The van der Waals surface area contributed by atoms with E-state index in [9.17, 15) is 4.79 Å². The zero-order valence-corrected chi connectivity index (χ0v) is 15.9. The summed E-state index contributed by atoms with van der Waals surface area (Å²) in [5, 5.41) is 6.74. The summed E-state index contributed by atoms with van der Waals surface area (Å²) in [7, 11) is 0. The standard InChI is InChI=1S/C21H23N3O3/c1-13-6-5-7-17(10-13)20-23-19(27-24-20)12-22-21(25)16(4)26-18-11-14(2)8-9-15(18)3/h5-11,16H,12H2,1-4H3,(H,22,25). The highest BCUT2D eigenvalue weighted by Crippen LogP contribution is 2.20. The average Bonchev–Trinajstić information content (AvgIpc) is 3.12. The maximum Gasteiger partial charge on any atom is 0.261 e. The van der Waals surface area contributed by atoms with Gasteiger partial charge in [-0.15, -0.1) is 0 Å². The van der Waals surface area contributed by atoms with Crippen LogP contribution in [0, 0.1) is 20.8 Å². The lowest BCUT2D eigenvalue weighted by molar-refractivity contribution is -0.127. The Morgan fingerprint density at radius 2 is 1.93 bits per heavy atom. The molecule has 0 saturated carbocycles. The first-order valence-corrected chi connectivity index (χ1v) is 8.83. The van der Waals surface area contributed by atoms with Crippen LogP contribution in [-0.2, 0) is 11.3 Å². The Morgan fingerprint density at radius 3 is 2.70 bits per heavy atom. The summed E-state index contributed by atoms with van der Waals surface area (Å²) in [4.78, 5) is 16.6. The molecule has 140 valence electrons. The van der Waals surface area contributed by atoms with E-state index in [0.29, 0.717) is 17.5 Å². The summed E-state index contributed by atoms with van der Waals surface area (Å²) >= 11 is 0. The zero-order chi connectivity index (χ0) is 19.4. The Morgan fingerprint density at radius 1 is 1.15 bits per heavy atom. The van der Waals surface area contributed by atoms with Gasteiger partial charge in [-0.1, -0.05) is 41.1 Å². The van der Waals surface area contributed by atoms with Crippen LogP contribution in [0.5, 0.6) is 5.75 Å². The number of aromatic nitrogens is 2. The summed E-state index contributed by atoms with van der Waals surface area (Å²) < 4.78 is 11.0. The molecule has 0 aliphatic heterocycles. The Labute approximate surface area is 158 Å². The fourth-order valence-electron chi connectivity index (χ4n) is 2.61. The molecule has 0 spiro atoms. The molecule has 1 N–H and O–H groups in total. The molecule has 1 atom stereocenters. The van der Waals surface area contributed by atoms with Crippen molar-refractivity contribution in [1.29, 1.82) is 0 Å². The molecule has 0 bridgehead atoms. The molecule has 1 amide bonds. The molecule has 1 heterocycles. The van der Waals surface area contributed by atoms with Crippen molar-refractivity contribution in [3.63, 3.8) is 0 Å². The van der Waals surface area contributed by atoms with Crippen LogP contribution in [0.3, 0.4) is 0 Å². The van der Waals surface area contributed by atoms with Crippen LogP contribution in [-0.4, -0.2) is 22.2 Å². The third-order valence-electron chi connectivity index (χ3n) is 4.17. The van der Waals surface area contributed by atoms with E-state index in [1.807, 2.05) is 63.2 Å². The second kappa shape index (κ2) is 8.03. The van der Waals surface area contributed by atoms with E-state index in [1.54, 1.807) is 6.92 Å². The zero-order valence-electron chi connectivity index (χ0n) is 15.9. The number of amides is 1. The Kier molecular flexibility index (Phi) is 5.54. The number of carbonyl (C=O) groups is 1. The van der Waals surface area contributed by atoms with E-state index in [1.165, 1.54) is 0 Å². The van der Waals surface area contributed by atoms with Crippen LogP contribution >= 0.6 is 0 Å². The number of nitrogens with zero attached hydrogens (tertiary/aromatic N) is 2. The lowest BCUT2D eigenvalue weighted by Gasteiger charge is -2.16. The predicted octanol–water partition coefficient (Wildman–Crippen LogP) is 3.75. The summed E-state index contributed by atoms with van der Waals surface area (Å²) in [6.45, 7) is 7.80. The first-order valence-electron chi connectivity index (χ1n) is 8.83. The first kappa shape index (κ1) is 18.6. The normalized spacial score (nSPS) is 11.9. The van der Waals surface area contributed by atoms with Crippen LogP contribution in [0.15, 0.2) is 47.0 Å². The monoisotopic (exact) mass is 365 g/mol. The maximum absolute atomic E-state index is 12.3. The van der Waals surface area contributed by atoms with Gasteiger partial charge in [-0.2, -0.15) is 4.98 Å². The Hall–Kier alpha value is -3.15. The van der Waals surface area contributed by atoms with Gasteiger partial charge >= 0.3 is 0 Å². The van der Waals surface area contributed by atoms with Gasteiger partial charge in [0.25, 0.3) is 5.91 Å². The number of ether oxygens (including phenoxy) is 1. The van der Waals surface area contributed by atoms with Crippen molar-refractivity contribution in [2.24, 2.45) is 0 Å². The number of aryl methyl sites for hydroxylation is 3. The minimum Gasteiger partial charge on any atom is -0.481 e. The fourth-order valence-corrected chi connectivity index (χ4v) is 2.61. The van der Waals surface area contributed by atoms with E-state index in [-0.39, 0.29) is 12.5 Å². The smallest absolute Gasteiger partial charge is 0.261 e. The summed E-state index contributed by atoms with van der Waals surface area (Å²) in [6.07, 6.45) is -0.635. The molecule has 27 heavy (non-hydrogen) atoms. The first-order chi connectivity index (χ1) is 12.9. The van der Waals surface area contributed by atoms with Gasteiger partial charge in [0.15, 0.2) is 6.10 Å². The topological polar surface area (TPSA) is 77.2 Å². The van der Waals surface area contributed by atoms with E-state index < -0.39 is 6.10 Å². The largest absolute Gasteiger partial charge is 0.481 e. The second-order valence-corrected chi connectivity index (χ2v) is 6.63. The molecular formula is C21H23N3O3. The van der Waals surface area contributed by atoms with Gasteiger partial charge in [-0.3, -0.25) is 4.79 Å². The number of nitrogens with one attached hydrogen (secondary N) is 1. The molecule has 1 unspecified atom stereocenters. The maximum atomic E-state index is 12.3. The Bertz CT molecular complexity index is 949. The van der Waals surface area contributed by atoms with Gasteiger partial charge in [0.2, 0.25) is 11.7 Å². The molecule has 0 saturated heterocycles. The van der Waals surface area contributed by atoms with Crippen LogP contribution < -0.4 is 10.1 Å². The molecule has 6 nitrogen and oxygen atoms in total. The van der Waals surface area contributed by atoms with Gasteiger partial charge in [-0.05, 0) is 51.0 Å². The molecule has 0 radical (unpaired) electrons. The van der Waals surface area contributed by atoms with Crippen molar-refractivity contribution >= 4 is 5.91 Å². The van der Waals surface area contributed by atoms with E-state index >= 15 is 0 Å². The highest BCUT2D eigenvalue weighted by atomic mass is 16.5. The SMILES string of the molecule is Cc1cccc(-c2noc(CNC(=O)C(C)Oc3cc(C)ccc3C)n2)c1. The number of rotatable bonds is 6. The van der Waals surface area contributed by atoms with Crippen molar-refractivity contribution in [1.82, 2.24) is 15.5 Å². The minimum atomic E-state index is -0.635. The highest BCUT2D eigenvalue weighted by Gasteiger charge is 2.17. The molecule has 0 fully saturated rings. The van der Waals surface area contributed by atoms with Gasteiger partial charge in [0.1, 0.15) is 5.75 Å². The van der Waals surface area contributed by atoms with Crippen molar-refractivity contribution in [3.8, 4) is 17.1 Å². The lowest BCUT2D eigenvalue weighted by Crippen LogP contribution is -2.36. The molecule has 1 aromatic heterocycles. The van der Waals surface area contributed by atoms with Crippen molar-refractivity contribution in [3.05, 3.63) is 65.0 Å². The van der Waals surface area contributed by atoms with Crippen LogP contribution in [0.4, 0.5) is 0 Å². The molecule has 0 aliphatic carbocycles. The molecule has 3 rings (SSSR count). The van der Waals surface area contributed by atoms with E-state index in [4.69, 9.17) is 9.26 Å². The van der Waals surface area contributed by atoms with E-state index in [2.05, 4.69) is 15.5 Å². The molecule has 2 aromatic carbocycles. The number of carbonyl (C=O) groups excluding carboxylic acids is 1. The van der Waals surface area contributed by atoms with Gasteiger partial charge in [0, 0.05) is 5.56 Å². The van der Waals surface area contributed by atoms with E-state index in [0.717, 1.165) is 22.3 Å². The van der Waals surface area contributed by atoms with Crippen molar-refractivity contribution in [2.75, 3.05) is 0 Å². The summed E-state index contributed by atoms with van der Waals surface area (Å²) in [6, 6.07) is 13.7. The predicted molar refractivity (Wildman–Crippen MR) is 102 cm³/mol. The molecule has 0 aliphatic rings. The summed E-state index contributed by atoms with van der Waals surface area (Å²) in [5.74, 6) is 1.31.